The van der Waals surface area contributed by atoms with Gasteiger partial charge in [-0.2, -0.15) is 0 Å². The largest absolute Gasteiger partial charge is 0.278 e. The van der Waals surface area contributed by atoms with Crippen LogP contribution in [0, 0.1) is 0 Å². The predicted molar refractivity (Wildman–Crippen MR) is 52.2 cm³/mol. The smallest absolute Gasteiger partial charge is 0.258 e. The Morgan fingerprint density at radius 2 is 2.00 bits per heavy atom. The minimum absolute atomic E-state index is 0.00440. The van der Waals surface area contributed by atoms with Crippen molar-refractivity contribution in [3.05, 3.63) is 10.4 Å². The highest BCUT2D eigenvalue weighted by molar-refractivity contribution is 7.92. The van der Waals surface area contributed by atoms with Gasteiger partial charge in [-0.15, -0.1) is 23.2 Å². The first-order chi connectivity index (χ1) is 5.87. The third-order valence-electron chi connectivity index (χ3n) is 0.845. The van der Waals surface area contributed by atoms with Crippen LogP contribution in [0.2, 0.25) is 0 Å². The quantitative estimate of drug-likeness (QED) is 0.603. The van der Waals surface area contributed by atoms with Crippen molar-refractivity contribution in [1.82, 2.24) is 4.72 Å². The van der Waals surface area contributed by atoms with E-state index in [4.69, 9.17) is 34.8 Å². The Bertz CT molecular complexity index is 298. The third kappa shape index (κ3) is 7.13. The SMILES string of the molecule is O=CNS(=O)(=O)C=C(Cl)CC(Cl)Cl. The molecular formula is C5H6Cl3NO3S. The standard InChI is InChI=1S/C5H6Cl3NO3S/c6-4(1-5(7)8)2-13(11,12)9-3-10/h2-3,5H,1H2,(H,9,10). The summed E-state index contributed by atoms with van der Waals surface area (Å²) in [4.78, 5) is 9.03. The second-order valence-corrected chi connectivity index (χ2v) is 5.26. The van der Waals surface area contributed by atoms with Gasteiger partial charge in [0.25, 0.3) is 10.0 Å². The van der Waals surface area contributed by atoms with Crippen LogP contribution in [-0.2, 0) is 14.8 Å². The van der Waals surface area contributed by atoms with Gasteiger partial charge >= 0.3 is 0 Å². The van der Waals surface area contributed by atoms with E-state index in [2.05, 4.69) is 0 Å². The van der Waals surface area contributed by atoms with E-state index >= 15 is 0 Å². The van der Waals surface area contributed by atoms with E-state index in [0.717, 1.165) is 0 Å². The molecule has 1 amide bonds. The lowest BCUT2D eigenvalue weighted by molar-refractivity contribution is -0.108. The first-order valence-corrected chi connectivity index (χ1v) is 5.77. The molecule has 0 rings (SSSR count). The Labute approximate surface area is 90.9 Å². The van der Waals surface area contributed by atoms with Crippen molar-refractivity contribution in [3.8, 4) is 0 Å². The number of sulfonamides is 1. The van der Waals surface area contributed by atoms with Crippen LogP contribution in [0.1, 0.15) is 6.42 Å². The van der Waals surface area contributed by atoms with Crippen LogP contribution in [0.25, 0.3) is 0 Å². The van der Waals surface area contributed by atoms with Gasteiger partial charge in [-0.25, -0.2) is 8.42 Å². The Morgan fingerprint density at radius 3 is 2.38 bits per heavy atom. The normalized spacial score (nSPS) is 13.1. The summed E-state index contributed by atoms with van der Waals surface area (Å²) in [6.45, 7) is 0. The van der Waals surface area contributed by atoms with Crippen LogP contribution >= 0.6 is 34.8 Å². The fourth-order valence-corrected chi connectivity index (χ4v) is 2.10. The van der Waals surface area contributed by atoms with E-state index in [9.17, 15) is 13.2 Å². The molecule has 0 aromatic rings. The molecule has 0 spiro atoms. The highest BCUT2D eigenvalue weighted by atomic mass is 35.5. The maximum absolute atomic E-state index is 10.8. The summed E-state index contributed by atoms with van der Waals surface area (Å²) in [6, 6.07) is 0. The number of alkyl halides is 2. The van der Waals surface area contributed by atoms with E-state index in [1.54, 1.807) is 4.72 Å². The Balaban J connectivity index is 4.45. The van der Waals surface area contributed by atoms with Crippen LogP contribution in [0.15, 0.2) is 10.4 Å². The number of amides is 1. The number of rotatable bonds is 5. The lowest BCUT2D eigenvalue weighted by Gasteiger charge is -1.99. The Hall–Kier alpha value is 0.0300. The van der Waals surface area contributed by atoms with Crippen LogP contribution in [0.5, 0.6) is 0 Å². The molecule has 0 heterocycles. The van der Waals surface area contributed by atoms with Crippen molar-refractivity contribution in [1.29, 1.82) is 0 Å². The van der Waals surface area contributed by atoms with Gasteiger partial charge in [-0.3, -0.25) is 9.52 Å². The molecule has 0 aliphatic heterocycles. The average Bonchev–Trinajstić information content (AvgIpc) is 1.81. The zero-order valence-corrected chi connectivity index (χ0v) is 9.29. The summed E-state index contributed by atoms with van der Waals surface area (Å²) in [5.41, 5.74) is 0. The molecule has 4 nitrogen and oxygen atoms in total. The fourth-order valence-electron chi connectivity index (χ4n) is 0.465. The molecule has 0 saturated heterocycles. The van der Waals surface area contributed by atoms with Gasteiger partial charge in [0.05, 0.1) is 5.41 Å². The molecule has 0 bridgehead atoms. The molecule has 0 aliphatic rings. The lowest BCUT2D eigenvalue weighted by Crippen LogP contribution is -2.19. The minimum Gasteiger partial charge on any atom is -0.278 e. The summed E-state index contributed by atoms with van der Waals surface area (Å²) < 4.78 is 23.2. The predicted octanol–water partition coefficient (Wildman–Crippen LogP) is 1.34. The van der Waals surface area contributed by atoms with Crippen molar-refractivity contribution >= 4 is 51.2 Å². The van der Waals surface area contributed by atoms with Gasteiger partial charge in [0, 0.05) is 11.5 Å². The van der Waals surface area contributed by atoms with Crippen molar-refractivity contribution < 1.29 is 13.2 Å². The summed E-state index contributed by atoms with van der Waals surface area (Å²) in [5.74, 6) is 0. The number of halogens is 3. The summed E-state index contributed by atoms with van der Waals surface area (Å²) in [7, 11) is -3.81. The molecule has 0 atom stereocenters. The highest BCUT2D eigenvalue weighted by Gasteiger charge is 2.08. The second kappa shape index (κ2) is 5.70. The molecule has 0 aliphatic carbocycles. The molecule has 0 aromatic carbocycles. The zero-order valence-electron chi connectivity index (χ0n) is 6.21. The number of carbonyl (C=O) groups excluding carboxylic acids is 1. The van der Waals surface area contributed by atoms with E-state index in [1.807, 2.05) is 0 Å². The monoisotopic (exact) mass is 265 g/mol. The molecule has 0 radical (unpaired) electrons. The topological polar surface area (TPSA) is 63.2 Å². The number of carbonyl (C=O) groups is 1. The van der Waals surface area contributed by atoms with Crippen LogP contribution in [-0.4, -0.2) is 19.7 Å². The summed E-state index contributed by atoms with van der Waals surface area (Å²) in [5, 5.41) is 0.630. The molecule has 0 saturated carbocycles. The summed E-state index contributed by atoms with van der Waals surface area (Å²) in [6.07, 6.45) is 0.0410. The van der Waals surface area contributed by atoms with E-state index in [1.165, 1.54) is 0 Å². The molecular weight excluding hydrogens is 260 g/mol. The van der Waals surface area contributed by atoms with Crippen molar-refractivity contribution in [3.63, 3.8) is 0 Å². The Morgan fingerprint density at radius 1 is 1.46 bits per heavy atom. The lowest BCUT2D eigenvalue weighted by atomic mass is 10.5. The maximum Gasteiger partial charge on any atom is 0.258 e. The molecule has 0 unspecified atom stereocenters. The van der Waals surface area contributed by atoms with Crippen molar-refractivity contribution in [2.75, 3.05) is 0 Å². The van der Waals surface area contributed by atoms with E-state index < -0.39 is 14.9 Å². The second-order valence-electron chi connectivity index (χ2n) is 1.94. The molecule has 8 heteroatoms. The van der Waals surface area contributed by atoms with Crippen LogP contribution < -0.4 is 4.72 Å². The molecule has 13 heavy (non-hydrogen) atoms. The average molecular weight is 267 g/mol. The van der Waals surface area contributed by atoms with Crippen molar-refractivity contribution in [2.45, 2.75) is 11.3 Å². The van der Waals surface area contributed by atoms with E-state index in [0.29, 0.717) is 5.41 Å². The molecule has 1 N–H and O–H groups in total. The fraction of sp³-hybridized carbons (Fsp3) is 0.400. The van der Waals surface area contributed by atoms with Gasteiger partial charge in [-0.05, 0) is 0 Å². The number of nitrogens with one attached hydrogen (secondary N) is 1. The molecule has 0 fully saturated rings. The van der Waals surface area contributed by atoms with Crippen LogP contribution in [0.3, 0.4) is 0 Å². The molecule has 76 valence electrons. The van der Waals surface area contributed by atoms with Gasteiger partial charge in [0.2, 0.25) is 6.41 Å². The zero-order chi connectivity index (χ0) is 10.5. The molecule has 0 aromatic heterocycles. The van der Waals surface area contributed by atoms with Gasteiger partial charge in [0.15, 0.2) is 0 Å². The van der Waals surface area contributed by atoms with Gasteiger partial charge in [0.1, 0.15) is 4.84 Å². The maximum atomic E-state index is 10.8. The number of hydrogen-bond donors (Lipinski definition) is 1. The number of allylic oxidation sites excluding steroid dienone is 1. The first kappa shape index (κ1) is 13.0. The summed E-state index contributed by atoms with van der Waals surface area (Å²) >= 11 is 16.1. The Kier molecular flexibility index (Phi) is 5.71. The van der Waals surface area contributed by atoms with Gasteiger partial charge < -0.3 is 0 Å². The first-order valence-electron chi connectivity index (χ1n) is 2.97. The van der Waals surface area contributed by atoms with Crippen LogP contribution in [0.4, 0.5) is 0 Å². The third-order valence-corrected chi connectivity index (χ3v) is 2.57. The van der Waals surface area contributed by atoms with E-state index in [-0.39, 0.29) is 17.9 Å². The highest BCUT2D eigenvalue weighted by Crippen LogP contribution is 2.18. The van der Waals surface area contributed by atoms with Crippen molar-refractivity contribution in [2.24, 2.45) is 0 Å². The van der Waals surface area contributed by atoms with Gasteiger partial charge in [-0.1, -0.05) is 11.6 Å². The minimum atomic E-state index is -3.81. The number of hydrogen-bond acceptors (Lipinski definition) is 3.